The minimum absolute atomic E-state index is 0.0710. The Morgan fingerprint density at radius 2 is 1.56 bits per heavy atom. The van der Waals surface area contributed by atoms with Gasteiger partial charge in [0, 0.05) is 11.8 Å². The van der Waals surface area contributed by atoms with Crippen LogP contribution in [0, 0.1) is 5.92 Å². The summed E-state index contributed by atoms with van der Waals surface area (Å²) >= 11 is 0. The van der Waals surface area contributed by atoms with Crippen LogP contribution in [0.1, 0.15) is 66.7 Å². The molecule has 0 heterocycles. The van der Waals surface area contributed by atoms with Gasteiger partial charge in [-0.25, -0.2) is 8.42 Å². The van der Waals surface area contributed by atoms with Gasteiger partial charge in [0.15, 0.2) is 9.84 Å². The predicted octanol–water partition coefficient (Wildman–Crippen LogP) is 4.48. The van der Waals surface area contributed by atoms with Crippen molar-refractivity contribution in [1.29, 1.82) is 0 Å². The third-order valence-electron chi connectivity index (χ3n) is 4.53. The first-order chi connectivity index (χ1) is 12.6. The highest BCUT2D eigenvalue weighted by atomic mass is 32.2. The number of hydrogen-bond acceptors (Lipinski definition) is 3. The highest BCUT2D eigenvalue weighted by Gasteiger charge is 2.20. The molecule has 0 aliphatic heterocycles. The van der Waals surface area contributed by atoms with Crippen molar-refractivity contribution in [2.24, 2.45) is 5.92 Å². The van der Waals surface area contributed by atoms with Crippen LogP contribution >= 0.6 is 0 Å². The first-order valence-corrected chi connectivity index (χ1v) is 11.3. The molecule has 4 nitrogen and oxygen atoms in total. The zero-order valence-electron chi connectivity index (χ0n) is 16.7. The van der Waals surface area contributed by atoms with Crippen molar-refractivity contribution < 1.29 is 13.2 Å². The minimum Gasteiger partial charge on any atom is -0.345 e. The van der Waals surface area contributed by atoms with E-state index in [0.717, 1.165) is 5.56 Å². The summed E-state index contributed by atoms with van der Waals surface area (Å²) in [6.07, 6.45) is 1.19. The predicted molar refractivity (Wildman–Crippen MR) is 111 cm³/mol. The van der Waals surface area contributed by atoms with Gasteiger partial charge in [0.05, 0.1) is 11.8 Å². The molecule has 0 bridgehead atoms. The van der Waals surface area contributed by atoms with Crippen molar-refractivity contribution in [2.45, 2.75) is 45.4 Å². The van der Waals surface area contributed by atoms with Crippen LogP contribution in [0.25, 0.3) is 0 Å². The molecule has 0 radical (unpaired) electrons. The van der Waals surface area contributed by atoms with Crippen molar-refractivity contribution in [3.05, 3.63) is 70.8 Å². The number of carbonyl (C=O) groups is 1. The van der Waals surface area contributed by atoms with Crippen LogP contribution in [-0.4, -0.2) is 20.6 Å². The highest BCUT2D eigenvalue weighted by molar-refractivity contribution is 7.89. The Labute approximate surface area is 162 Å². The molecule has 0 saturated carbocycles. The van der Waals surface area contributed by atoms with E-state index >= 15 is 0 Å². The fraction of sp³-hybridized carbons (Fsp3) is 0.409. The molecule has 0 aromatic heterocycles. The van der Waals surface area contributed by atoms with E-state index in [0.29, 0.717) is 17.0 Å². The van der Waals surface area contributed by atoms with Gasteiger partial charge >= 0.3 is 0 Å². The molecule has 1 N–H and O–H groups in total. The fourth-order valence-corrected chi connectivity index (χ4v) is 3.84. The van der Waals surface area contributed by atoms with Crippen LogP contribution in [0.3, 0.4) is 0 Å². The van der Waals surface area contributed by atoms with E-state index in [1.54, 1.807) is 24.3 Å². The minimum atomic E-state index is -3.14. The average Bonchev–Trinajstić information content (AvgIpc) is 2.58. The van der Waals surface area contributed by atoms with Gasteiger partial charge in [0.25, 0.3) is 5.91 Å². The van der Waals surface area contributed by atoms with Crippen LogP contribution < -0.4 is 5.32 Å². The Hall–Kier alpha value is -2.14. The van der Waals surface area contributed by atoms with Crippen LogP contribution in [-0.2, 0) is 15.6 Å². The lowest BCUT2D eigenvalue weighted by Crippen LogP contribution is -2.31. The molecule has 1 amide bonds. The number of sulfone groups is 1. The first-order valence-electron chi connectivity index (χ1n) is 9.24. The highest BCUT2D eigenvalue weighted by Crippen LogP contribution is 2.24. The van der Waals surface area contributed by atoms with Gasteiger partial charge < -0.3 is 5.32 Å². The molecule has 0 unspecified atom stereocenters. The quantitative estimate of drug-likeness (QED) is 0.762. The molecule has 0 fully saturated rings. The summed E-state index contributed by atoms with van der Waals surface area (Å²) in [6, 6.07) is 15.0. The summed E-state index contributed by atoms with van der Waals surface area (Å²) in [7, 11) is -3.14. The molecule has 2 rings (SSSR count). The van der Waals surface area contributed by atoms with Crippen molar-refractivity contribution >= 4 is 15.7 Å². The van der Waals surface area contributed by atoms with Crippen molar-refractivity contribution in [1.82, 2.24) is 5.32 Å². The summed E-state index contributed by atoms with van der Waals surface area (Å²) in [5.74, 6) is 0.414. The third-order valence-corrected chi connectivity index (χ3v) is 5.39. The fourth-order valence-electron chi connectivity index (χ4n) is 3.05. The van der Waals surface area contributed by atoms with Gasteiger partial charge in [0.1, 0.15) is 0 Å². The number of nitrogens with one attached hydrogen (secondary N) is 1. The molecular weight excluding hydrogens is 358 g/mol. The number of carbonyl (C=O) groups excluding carboxylic acids is 1. The normalized spacial score (nSPS) is 13.0. The van der Waals surface area contributed by atoms with Crippen LogP contribution in [0.15, 0.2) is 48.5 Å². The molecule has 2 aromatic rings. The lowest BCUT2D eigenvalue weighted by atomic mass is 9.93. The smallest absolute Gasteiger partial charge is 0.251 e. The number of hydrogen-bond donors (Lipinski definition) is 1. The average molecular weight is 388 g/mol. The Morgan fingerprint density at radius 3 is 2.07 bits per heavy atom. The monoisotopic (exact) mass is 387 g/mol. The summed E-state index contributed by atoms with van der Waals surface area (Å²) in [4.78, 5) is 12.8. The van der Waals surface area contributed by atoms with Crippen LogP contribution in [0.2, 0.25) is 0 Å². The topological polar surface area (TPSA) is 63.2 Å². The third kappa shape index (κ3) is 6.21. The lowest BCUT2D eigenvalue weighted by Gasteiger charge is -2.23. The molecule has 1 atom stereocenters. The lowest BCUT2D eigenvalue weighted by molar-refractivity contribution is 0.0925. The second-order valence-electron chi connectivity index (χ2n) is 7.79. The molecule has 5 heteroatoms. The molecule has 0 spiro atoms. The maximum Gasteiger partial charge on any atom is 0.251 e. The maximum absolute atomic E-state index is 12.8. The van der Waals surface area contributed by atoms with Gasteiger partial charge in [-0.15, -0.1) is 0 Å². The molecule has 146 valence electrons. The van der Waals surface area contributed by atoms with Crippen LogP contribution in [0.4, 0.5) is 0 Å². The Bertz CT molecular complexity index is 884. The molecule has 0 saturated heterocycles. The van der Waals surface area contributed by atoms with E-state index in [-0.39, 0.29) is 23.6 Å². The summed E-state index contributed by atoms with van der Waals surface area (Å²) in [5.41, 5.74) is 3.42. The summed E-state index contributed by atoms with van der Waals surface area (Å²) < 4.78 is 23.0. The second-order valence-corrected chi connectivity index (χ2v) is 9.93. The largest absolute Gasteiger partial charge is 0.345 e. The van der Waals surface area contributed by atoms with Gasteiger partial charge in [-0.1, -0.05) is 64.1 Å². The first kappa shape index (κ1) is 21.2. The van der Waals surface area contributed by atoms with Crippen molar-refractivity contribution in [3.8, 4) is 0 Å². The van der Waals surface area contributed by atoms with E-state index < -0.39 is 9.84 Å². The standard InChI is InChI=1S/C22H29NO3S/c1-15(2)18-9-11-19(12-10-18)21(16(3)4)23-22(24)20-8-6-7-17(13-20)14-27(5,25)26/h6-13,15-16,21H,14H2,1-5H3,(H,23,24)/t21-/m0/s1. The van der Waals surface area contributed by atoms with Crippen molar-refractivity contribution in [3.63, 3.8) is 0 Å². The maximum atomic E-state index is 12.8. The van der Waals surface area contributed by atoms with E-state index in [2.05, 4.69) is 57.3 Å². The summed E-state index contributed by atoms with van der Waals surface area (Å²) in [5, 5.41) is 3.10. The number of rotatable bonds is 7. The van der Waals surface area contributed by atoms with Gasteiger partial charge in [-0.2, -0.15) is 0 Å². The molecule has 27 heavy (non-hydrogen) atoms. The van der Waals surface area contributed by atoms with E-state index in [1.807, 2.05) is 0 Å². The number of amides is 1. The molecule has 2 aromatic carbocycles. The second kappa shape index (κ2) is 8.70. The van der Waals surface area contributed by atoms with E-state index in [1.165, 1.54) is 11.8 Å². The van der Waals surface area contributed by atoms with Gasteiger partial charge in [-0.3, -0.25) is 4.79 Å². The SMILES string of the molecule is CC(C)c1ccc([C@@H](NC(=O)c2cccc(CS(C)(=O)=O)c2)C(C)C)cc1. The molecule has 0 aliphatic rings. The number of benzene rings is 2. The molecule has 0 aliphatic carbocycles. The van der Waals surface area contributed by atoms with Gasteiger partial charge in [-0.05, 0) is 40.7 Å². The summed E-state index contributed by atoms with van der Waals surface area (Å²) in [6.45, 7) is 8.45. The van der Waals surface area contributed by atoms with E-state index in [4.69, 9.17) is 0 Å². The van der Waals surface area contributed by atoms with Gasteiger partial charge in [0.2, 0.25) is 0 Å². The zero-order chi connectivity index (χ0) is 20.2. The Morgan fingerprint density at radius 1 is 0.963 bits per heavy atom. The van der Waals surface area contributed by atoms with Crippen LogP contribution in [0.5, 0.6) is 0 Å². The Kier molecular flexibility index (Phi) is 6.82. The Balaban J connectivity index is 2.21. The van der Waals surface area contributed by atoms with Crippen molar-refractivity contribution in [2.75, 3.05) is 6.26 Å². The van der Waals surface area contributed by atoms with E-state index in [9.17, 15) is 13.2 Å². The zero-order valence-corrected chi connectivity index (χ0v) is 17.5. The molecular formula is C22H29NO3S.